The molecule has 0 aromatic heterocycles. The lowest BCUT2D eigenvalue weighted by molar-refractivity contribution is 0.0954. The van der Waals surface area contributed by atoms with Crippen molar-refractivity contribution in [3.63, 3.8) is 0 Å². The molecule has 0 bridgehead atoms. The minimum atomic E-state index is -0.0890. The number of halogens is 1. The zero-order chi connectivity index (χ0) is 18.4. The van der Waals surface area contributed by atoms with Crippen LogP contribution < -0.4 is 11.1 Å². The topological polar surface area (TPSA) is 70.7 Å². The smallest absolute Gasteiger partial charge is 0.251 e. The molecular weight excluding hydrogens is 360 g/mol. The van der Waals surface area contributed by atoms with Crippen molar-refractivity contribution < 1.29 is 4.79 Å². The zero-order valence-electron chi connectivity index (χ0n) is 15.6. The molecule has 1 saturated heterocycles. The monoisotopic (exact) mass is 386 g/mol. The third-order valence-electron chi connectivity index (χ3n) is 4.60. The summed E-state index contributed by atoms with van der Waals surface area (Å²) in [7, 11) is 0. The van der Waals surface area contributed by atoms with Gasteiger partial charge in [0.2, 0.25) is 0 Å². The van der Waals surface area contributed by atoms with Crippen LogP contribution in [0.1, 0.15) is 34.3 Å². The van der Waals surface area contributed by atoms with Gasteiger partial charge in [0.25, 0.3) is 5.91 Å². The first kappa shape index (κ1) is 20.8. The normalized spacial score (nSPS) is 14.0. The van der Waals surface area contributed by atoms with E-state index in [1.54, 1.807) is 12.1 Å². The maximum absolute atomic E-state index is 12.4. The van der Waals surface area contributed by atoms with Gasteiger partial charge >= 0.3 is 0 Å². The van der Waals surface area contributed by atoms with Gasteiger partial charge in [-0.25, -0.2) is 4.99 Å². The van der Waals surface area contributed by atoms with Crippen molar-refractivity contribution in [1.82, 2.24) is 10.2 Å². The fourth-order valence-corrected chi connectivity index (χ4v) is 3.04. The number of hydrogen-bond donors (Lipinski definition) is 2. The molecule has 1 amide bonds. The molecular formula is C21H27ClN4O. The number of nitrogens with two attached hydrogens (primary N) is 1. The van der Waals surface area contributed by atoms with Crippen LogP contribution in [-0.2, 0) is 6.42 Å². The van der Waals surface area contributed by atoms with Gasteiger partial charge in [-0.3, -0.25) is 4.79 Å². The van der Waals surface area contributed by atoms with Crippen LogP contribution in [0.25, 0.3) is 0 Å². The van der Waals surface area contributed by atoms with E-state index in [4.69, 9.17) is 5.73 Å². The van der Waals surface area contributed by atoms with Crippen molar-refractivity contribution in [2.45, 2.75) is 26.2 Å². The molecule has 0 radical (unpaired) electrons. The molecule has 27 heavy (non-hydrogen) atoms. The second-order valence-electron chi connectivity index (χ2n) is 6.71. The first-order chi connectivity index (χ1) is 12.6. The van der Waals surface area contributed by atoms with Crippen LogP contribution in [0, 0.1) is 6.92 Å². The van der Waals surface area contributed by atoms with Crippen LogP contribution in [0.2, 0.25) is 0 Å². The van der Waals surface area contributed by atoms with Gasteiger partial charge in [-0.15, -0.1) is 12.4 Å². The molecule has 2 aromatic carbocycles. The lowest BCUT2D eigenvalue weighted by Crippen LogP contribution is -2.34. The van der Waals surface area contributed by atoms with E-state index in [0.29, 0.717) is 23.8 Å². The number of carbonyl (C=O) groups excluding carboxylic acids is 1. The highest BCUT2D eigenvalue weighted by atomic mass is 35.5. The van der Waals surface area contributed by atoms with E-state index in [-0.39, 0.29) is 18.3 Å². The number of benzene rings is 2. The molecule has 1 aliphatic heterocycles. The summed E-state index contributed by atoms with van der Waals surface area (Å²) in [6.07, 6.45) is 3.12. The number of aliphatic imine (C=N–C) groups is 1. The van der Waals surface area contributed by atoms with Gasteiger partial charge in [0.05, 0.1) is 5.69 Å². The van der Waals surface area contributed by atoms with Crippen LogP contribution >= 0.6 is 12.4 Å². The van der Waals surface area contributed by atoms with Crippen LogP contribution in [0.15, 0.2) is 53.5 Å². The Morgan fingerprint density at radius 1 is 1.15 bits per heavy atom. The minimum Gasteiger partial charge on any atom is -0.369 e. The highest BCUT2D eigenvalue weighted by Gasteiger charge is 2.13. The molecule has 0 unspecified atom stereocenters. The Morgan fingerprint density at radius 3 is 2.56 bits per heavy atom. The molecule has 1 heterocycles. The Kier molecular flexibility index (Phi) is 7.67. The van der Waals surface area contributed by atoms with Crippen LogP contribution in [-0.4, -0.2) is 36.4 Å². The van der Waals surface area contributed by atoms with Gasteiger partial charge < -0.3 is 16.0 Å². The first-order valence-electron chi connectivity index (χ1n) is 9.15. The van der Waals surface area contributed by atoms with Gasteiger partial charge in [-0.2, -0.15) is 0 Å². The van der Waals surface area contributed by atoms with Crippen molar-refractivity contribution in [2.75, 3.05) is 19.6 Å². The number of likely N-dealkylation sites (tertiary alicyclic amines) is 1. The molecule has 0 atom stereocenters. The van der Waals surface area contributed by atoms with Crippen molar-refractivity contribution in [1.29, 1.82) is 0 Å². The fourth-order valence-electron chi connectivity index (χ4n) is 3.04. The predicted octanol–water partition coefficient (Wildman–Crippen LogP) is 3.43. The van der Waals surface area contributed by atoms with Crippen LogP contribution in [0.5, 0.6) is 0 Å². The fraction of sp³-hybridized carbons (Fsp3) is 0.333. The van der Waals surface area contributed by atoms with E-state index >= 15 is 0 Å². The van der Waals surface area contributed by atoms with Crippen LogP contribution in [0.3, 0.4) is 0 Å². The van der Waals surface area contributed by atoms with E-state index in [0.717, 1.165) is 32.4 Å². The summed E-state index contributed by atoms with van der Waals surface area (Å²) in [4.78, 5) is 18.9. The molecule has 3 N–H and O–H groups in total. The zero-order valence-corrected chi connectivity index (χ0v) is 16.5. The average Bonchev–Trinajstić information content (AvgIpc) is 3.18. The van der Waals surface area contributed by atoms with E-state index in [1.807, 2.05) is 12.1 Å². The van der Waals surface area contributed by atoms with E-state index < -0.39 is 0 Å². The lowest BCUT2D eigenvalue weighted by atomic mass is 10.1. The standard InChI is InChI=1S/C21H26N4O.ClH/c1-16-7-9-17(10-8-16)11-12-23-20(26)18-5-4-6-19(15-18)24-21(22)25-13-2-3-14-25;/h4-10,15H,2-3,11-14H2,1H3,(H2,22,24)(H,23,26);1H. The largest absolute Gasteiger partial charge is 0.369 e. The molecule has 0 spiro atoms. The Balaban J connectivity index is 0.00000261. The maximum atomic E-state index is 12.4. The number of nitrogens with zero attached hydrogens (tertiary/aromatic N) is 2. The van der Waals surface area contributed by atoms with E-state index in [9.17, 15) is 4.79 Å². The number of rotatable bonds is 5. The molecule has 0 saturated carbocycles. The predicted molar refractivity (Wildman–Crippen MR) is 113 cm³/mol. The summed E-state index contributed by atoms with van der Waals surface area (Å²) in [5.41, 5.74) is 9.83. The summed E-state index contributed by atoms with van der Waals surface area (Å²) >= 11 is 0. The van der Waals surface area contributed by atoms with Gasteiger partial charge in [0.15, 0.2) is 5.96 Å². The number of guanidine groups is 1. The third-order valence-corrected chi connectivity index (χ3v) is 4.60. The number of carbonyl (C=O) groups is 1. The number of nitrogens with one attached hydrogen (secondary N) is 1. The van der Waals surface area contributed by atoms with Crippen molar-refractivity contribution in [3.8, 4) is 0 Å². The molecule has 2 aromatic rings. The van der Waals surface area contributed by atoms with Crippen molar-refractivity contribution >= 4 is 30.0 Å². The highest BCUT2D eigenvalue weighted by Crippen LogP contribution is 2.16. The van der Waals surface area contributed by atoms with Gasteiger partial charge in [-0.05, 0) is 49.9 Å². The lowest BCUT2D eigenvalue weighted by Gasteiger charge is -2.15. The molecule has 5 nitrogen and oxygen atoms in total. The molecule has 1 fully saturated rings. The SMILES string of the molecule is Cc1ccc(CCNC(=O)c2cccc(N=C(N)N3CCCC3)c2)cc1.Cl. The van der Waals surface area contributed by atoms with E-state index in [2.05, 4.69) is 46.4 Å². The maximum Gasteiger partial charge on any atom is 0.251 e. The van der Waals surface area contributed by atoms with Gasteiger partial charge in [0.1, 0.15) is 0 Å². The molecule has 3 rings (SSSR count). The quantitative estimate of drug-likeness (QED) is 0.610. The Morgan fingerprint density at radius 2 is 1.85 bits per heavy atom. The highest BCUT2D eigenvalue weighted by molar-refractivity contribution is 5.95. The summed E-state index contributed by atoms with van der Waals surface area (Å²) in [6, 6.07) is 15.6. The van der Waals surface area contributed by atoms with Crippen molar-refractivity contribution in [2.24, 2.45) is 10.7 Å². The summed E-state index contributed by atoms with van der Waals surface area (Å²) in [5.74, 6) is 0.438. The number of aryl methyl sites for hydroxylation is 1. The molecule has 1 aliphatic rings. The number of hydrogen-bond acceptors (Lipinski definition) is 2. The summed E-state index contributed by atoms with van der Waals surface area (Å²) < 4.78 is 0. The second kappa shape index (κ2) is 9.97. The van der Waals surface area contributed by atoms with Gasteiger partial charge in [-0.1, -0.05) is 35.9 Å². The van der Waals surface area contributed by atoms with Crippen molar-refractivity contribution in [3.05, 3.63) is 65.2 Å². The van der Waals surface area contributed by atoms with E-state index in [1.165, 1.54) is 11.1 Å². The number of amides is 1. The van der Waals surface area contributed by atoms with Crippen LogP contribution in [0.4, 0.5) is 5.69 Å². The molecule has 144 valence electrons. The second-order valence-corrected chi connectivity index (χ2v) is 6.71. The minimum absolute atomic E-state index is 0. The van der Waals surface area contributed by atoms with Gasteiger partial charge in [0, 0.05) is 25.2 Å². The first-order valence-corrected chi connectivity index (χ1v) is 9.15. The molecule has 6 heteroatoms. The average molecular weight is 387 g/mol. The Hall–Kier alpha value is -2.53. The molecule has 0 aliphatic carbocycles. The Bertz CT molecular complexity index is 783. The summed E-state index contributed by atoms with van der Waals surface area (Å²) in [6.45, 7) is 4.58. The third kappa shape index (κ3) is 6.00. The summed E-state index contributed by atoms with van der Waals surface area (Å²) in [5, 5.41) is 2.97. The Labute approximate surface area is 167 Å².